The first kappa shape index (κ1) is 22.0. The van der Waals surface area contributed by atoms with Crippen LogP contribution in [0, 0.1) is 0 Å². The number of nitrogens with zero attached hydrogens (tertiary/aromatic N) is 3. The first-order valence-corrected chi connectivity index (χ1v) is 12.5. The van der Waals surface area contributed by atoms with Crippen LogP contribution in [0.15, 0.2) is 53.6 Å². The predicted octanol–water partition coefficient (Wildman–Crippen LogP) is 3.09. The Bertz CT molecular complexity index is 1310. The van der Waals surface area contributed by atoms with E-state index in [1.807, 2.05) is 36.4 Å². The third-order valence-corrected chi connectivity index (χ3v) is 7.62. The number of pyridine rings is 1. The summed E-state index contributed by atoms with van der Waals surface area (Å²) in [6.07, 6.45) is 1.14. The monoisotopic (exact) mass is 491 g/mol. The lowest BCUT2D eigenvalue weighted by Gasteiger charge is -2.42. The number of aromatic nitrogens is 1. The van der Waals surface area contributed by atoms with Crippen LogP contribution < -0.4 is 25.2 Å². The van der Waals surface area contributed by atoms with Gasteiger partial charge in [0.2, 0.25) is 5.91 Å². The lowest BCUT2D eigenvalue weighted by atomic mass is 10.0. The highest BCUT2D eigenvalue weighted by atomic mass is 32.2. The summed E-state index contributed by atoms with van der Waals surface area (Å²) in [6, 6.07) is 14.2. The zero-order chi connectivity index (χ0) is 23.9. The zero-order valence-corrected chi connectivity index (χ0v) is 20.0. The molecular weight excluding hydrogens is 466 g/mol. The molecule has 3 aromatic rings. The number of rotatable bonds is 6. The second-order valence-electron chi connectivity index (χ2n) is 8.86. The van der Waals surface area contributed by atoms with Crippen molar-refractivity contribution in [3.05, 3.63) is 48.7 Å². The smallest absolute Gasteiger partial charge is 0.414 e. The Morgan fingerprint density at radius 3 is 2.94 bits per heavy atom. The number of anilines is 3. The normalized spacial score (nSPS) is 19.9. The van der Waals surface area contributed by atoms with Crippen LogP contribution in [0.4, 0.5) is 21.9 Å². The van der Waals surface area contributed by atoms with E-state index >= 15 is 0 Å². The molecule has 180 valence electrons. The van der Waals surface area contributed by atoms with Crippen molar-refractivity contribution in [3.8, 4) is 5.75 Å². The van der Waals surface area contributed by atoms with Crippen molar-refractivity contribution in [2.24, 2.45) is 0 Å². The summed E-state index contributed by atoms with van der Waals surface area (Å²) in [7, 11) is 1.65. The highest BCUT2D eigenvalue weighted by Gasteiger charge is 2.35. The maximum Gasteiger partial charge on any atom is 0.414 e. The van der Waals surface area contributed by atoms with E-state index in [0.29, 0.717) is 24.9 Å². The summed E-state index contributed by atoms with van der Waals surface area (Å²) >= 11 is 1.50. The molecule has 10 heteroatoms. The third-order valence-electron chi connectivity index (χ3n) is 6.55. The van der Waals surface area contributed by atoms with Gasteiger partial charge in [0.25, 0.3) is 0 Å². The fourth-order valence-corrected chi connectivity index (χ4v) is 5.47. The Morgan fingerprint density at radius 2 is 2.09 bits per heavy atom. The van der Waals surface area contributed by atoms with Gasteiger partial charge < -0.3 is 25.0 Å². The van der Waals surface area contributed by atoms with Crippen LogP contribution in [0.3, 0.4) is 0 Å². The Kier molecular flexibility index (Phi) is 5.62. The fraction of sp³-hybridized carbons (Fsp3) is 0.320. The lowest BCUT2D eigenvalue weighted by Crippen LogP contribution is -2.59. The van der Waals surface area contributed by atoms with Gasteiger partial charge in [-0.3, -0.25) is 14.7 Å². The van der Waals surface area contributed by atoms with E-state index < -0.39 is 0 Å². The number of fused-ring (bicyclic) bond motifs is 2. The maximum absolute atomic E-state index is 12.5. The van der Waals surface area contributed by atoms with Crippen molar-refractivity contribution < 1.29 is 19.1 Å². The summed E-state index contributed by atoms with van der Waals surface area (Å²) < 4.78 is 11.0. The number of nitrogens with one attached hydrogen (secondary N) is 2. The molecule has 3 aliphatic rings. The number of methoxy groups -OCH3 is 1. The second kappa shape index (κ2) is 8.94. The molecule has 0 radical (unpaired) electrons. The Morgan fingerprint density at radius 1 is 1.20 bits per heavy atom. The van der Waals surface area contributed by atoms with Crippen molar-refractivity contribution in [3.63, 3.8) is 0 Å². The Labute approximate surface area is 206 Å². The minimum absolute atomic E-state index is 0.0285. The van der Waals surface area contributed by atoms with Crippen LogP contribution in [0.1, 0.15) is 0 Å². The van der Waals surface area contributed by atoms with Gasteiger partial charge in [0.15, 0.2) is 0 Å². The predicted molar refractivity (Wildman–Crippen MR) is 136 cm³/mol. The second-order valence-corrected chi connectivity index (χ2v) is 9.88. The fourth-order valence-electron chi connectivity index (χ4n) is 4.68. The summed E-state index contributed by atoms with van der Waals surface area (Å²) in [5, 5.41) is 7.48. The van der Waals surface area contributed by atoms with Crippen molar-refractivity contribution in [1.82, 2.24) is 10.3 Å². The van der Waals surface area contributed by atoms with Gasteiger partial charge in [-0.2, -0.15) is 0 Å². The molecule has 9 nitrogen and oxygen atoms in total. The number of ether oxygens (including phenoxy) is 2. The van der Waals surface area contributed by atoms with Crippen LogP contribution in [0.5, 0.6) is 5.75 Å². The largest absolute Gasteiger partial charge is 0.495 e. The first-order chi connectivity index (χ1) is 17.1. The molecule has 2 amide bonds. The molecule has 35 heavy (non-hydrogen) atoms. The quantitative estimate of drug-likeness (QED) is 0.543. The summed E-state index contributed by atoms with van der Waals surface area (Å²) in [6.45, 7) is 2.78. The first-order valence-electron chi connectivity index (χ1n) is 11.5. The van der Waals surface area contributed by atoms with Gasteiger partial charge in [-0.05, 0) is 36.4 Å². The molecule has 4 heterocycles. The molecule has 1 aromatic heterocycles. The van der Waals surface area contributed by atoms with Crippen molar-refractivity contribution >= 4 is 51.7 Å². The molecule has 0 saturated carbocycles. The van der Waals surface area contributed by atoms with E-state index in [4.69, 9.17) is 9.47 Å². The molecule has 0 aliphatic carbocycles. The lowest BCUT2D eigenvalue weighted by molar-refractivity contribution is -0.113. The SMILES string of the molecule is COc1cnc2cccc(N3CC(NC[C@@H]4CN(c5ccc6c(c5)NC(=O)CS6)C(=O)O4)C3)c2c1. The molecule has 0 spiro atoms. The molecular formula is C25H25N5O4S. The minimum Gasteiger partial charge on any atom is -0.495 e. The summed E-state index contributed by atoms with van der Waals surface area (Å²) in [4.78, 5) is 33.7. The molecule has 2 saturated heterocycles. The Balaban J connectivity index is 1.05. The van der Waals surface area contributed by atoms with Crippen LogP contribution in [0.2, 0.25) is 0 Å². The Hall–Kier alpha value is -3.50. The molecule has 0 bridgehead atoms. The van der Waals surface area contributed by atoms with E-state index in [0.717, 1.165) is 51.7 Å². The van der Waals surface area contributed by atoms with Gasteiger partial charge in [-0.1, -0.05) is 6.07 Å². The van der Waals surface area contributed by atoms with E-state index in [9.17, 15) is 9.59 Å². The molecule has 2 N–H and O–H groups in total. The standard InChI is InChI=1S/C25H25N5O4S/c1-33-17-8-19-20(27-9-17)3-2-4-22(19)29-11-15(12-29)26-10-18-13-30(25(32)34-18)16-5-6-23-21(7-16)28-24(31)14-35-23/h2-9,15,18,26H,10-14H2,1H3,(H,28,31)/t18-/m1/s1. The number of thioether (sulfide) groups is 1. The molecule has 6 rings (SSSR count). The average molecular weight is 492 g/mol. The summed E-state index contributed by atoms with van der Waals surface area (Å²) in [5.74, 6) is 1.13. The number of carbonyl (C=O) groups is 2. The molecule has 3 aliphatic heterocycles. The minimum atomic E-state index is -0.362. The number of amides is 2. The number of cyclic esters (lactones) is 1. The number of hydrogen-bond donors (Lipinski definition) is 2. The van der Waals surface area contributed by atoms with Gasteiger partial charge in [0.05, 0.1) is 36.8 Å². The van der Waals surface area contributed by atoms with Gasteiger partial charge in [0.1, 0.15) is 11.9 Å². The van der Waals surface area contributed by atoms with Crippen LogP contribution in [-0.2, 0) is 9.53 Å². The highest BCUT2D eigenvalue weighted by Crippen LogP contribution is 2.36. The van der Waals surface area contributed by atoms with Gasteiger partial charge in [-0.25, -0.2) is 4.79 Å². The highest BCUT2D eigenvalue weighted by molar-refractivity contribution is 8.00. The van der Waals surface area contributed by atoms with Gasteiger partial charge in [0, 0.05) is 47.3 Å². The number of benzene rings is 2. The zero-order valence-electron chi connectivity index (χ0n) is 19.2. The van der Waals surface area contributed by atoms with Crippen molar-refractivity contribution in [2.75, 3.05) is 54.2 Å². The van der Waals surface area contributed by atoms with Crippen LogP contribution in [-0.4, -0.2) is 68.2 Å². The topological polar surface area (TPSA) is 96.0 Å². The van der Waals surface area contributed by atoms with E-state index in [-0.39, 0.29) is 18.1 Å². The molecule has 0 unspecified atom stereocenters. The van der Waals surface area contributed by atoms with E-state index in [1.165, 1.54) is 11.8 Å². The molecule has 2 fully saturated rings. The van der Waals surface area contributed by atoms with E-state index in [2.05, 4.69) is 26.6 Å². The van der Waals surface area contributed by atoms with E-state index in [1.54, 1.807) is 18.2 Å². The molecule has 1 atom stereocenters. The number of carbonyl (C=O) groups excluding carboxylic acids is 2. The third kappa shape index (κ3) is 4.23. The summed E-state index contributed by atoms with van der Waals surface area (Å²) in [5.41, 5.74) is 3.56. The van der Waals surface area contributed by atoms with Crippen LogP contribution >= 0.6 is 11.8 Å². The van der Waals surface area contributed by atoms with Crippen LogP contribution in [0.25, 0.3) is 10.9 Å². The van der Waals surface area contributed by atoms with Gasteiger partial charge >= 0.3 is 6.09 Å². The van der Waals surface area contributed by atoms with Gasteiger partial charge in [-0.15, -0.1) is 11.8 Å². The van der Waals surface area contributed by atoms with Crippen molar-refractivity contribution in [1.29, 1.82) is 0 Å². The average Bonchev–Trinajstić information content (AvgIpc) is 3.22. The maximum atomic E-state index is 12.5. The molecule has 2 aromatic carbocycles. The number of hydrogen-bond acceptors (Lipinski definition) is 8. The van der Waals surface area contributed by atoms with Crippen molar-refractivity contribution in [2.45, 2.75) is 17.0 Å².